The summed E-state index contributed by atoms with van der Waals surface area (Å²) in [5.74, 6) is 0.422. The quantitative estimate of drug-likeness (QED) is 0.831. The first-order valence-electron chi connectivity index (χ1n) is 5.45. The van der Waals surface area contributed by atoms with E-state index in [0.717, 1.165) is 4.47 Å². The first-order chi connectivity index (χ1) is 8.08. The van der Waals surface area contributed by atoms with Gasteiger partial charge in [0.05, 0.1) is 10.9 Å². The van der Waals surface area contributed by atoms with E-state index in [4.69, 9.17) is 23.2 Å². The van der Waals surface area contributed by atoms with Gasteiger partial charge in [-0.2, -0.15) is 0 Å². The van der Waals surface area contributed by atoms with Gasteiger partial charge in [-0.3, -0.25) is 4.79 Å². The lowest BCUT2D eigenvalue weighted by Gasteiger charge is -2.10. The fraction of sp³-hybridized carbons (Fsp3) is 0.417. The molecular weight excluding hydrogens is 325 g/mol. The second-order valence-electron chi connectivity index (χ2n) is 4.19. The Balaban J connectivity index is 1.96. The van der Waals surface area contributed by atoms with Crippen molar-refractivity contribution in [3.05, 3.63) is 33.3 Å². The lowest BCUT2D eigenvalue weighted by atomic mass is 10.2. The average Bonchev–Trinajstić information content (AvgIpc) is 3.12. The number of carbonyl (C=O) groups is 1. The van der Waals surface area contributed by atoms with Gasteiger partial charge in [0.15, 0.2) is 0 Å². The zero-order valence-corrected chi connectivity index (χ0v) is 12.1. The zero-order valence-electron chi connectivity index (χ0n) is 9.05. The maximum Gasteiger partial charge on any atom is 0.252 e. The van der Waals surface area contributed by atoms with Crippen molar-refractivity contribution in [2.45, 2.75) is 18.2 Å². The normalized spacial score (nSPS) is 16.6. The Hall–Kier alpha value is -0.250. The summed E-state index contributed by atoms with van der Waals surface area (Å²) in [6, 6.07) is 5.13. The molecule has 1 amide bonds. The molecule has 1 N–H and O–H groups in total. The first kappa shape index (κ1) is 13.2. The van der Waals surface area contributed by atoms with Crippen molar-refractivity contribution in [3.63, 3.8) is 0 Å². The summed E-state index contributed by atoms with van der Waals surface area (Å²) in [6.45, 7) is 0.504. The van der Waals surface area contributed by atoms with Crippen LogP contribution in [0.15, 0.2) is 22.7 Å². The Morgan fingerprint density at radius 1 is 1.53 bits per heavy atom. The minimum Gasteiger partial charge on any atom is -0.351 e. The molecule has 5 heteroatoms. The van der Waals surface area contributed by atoms with Crippen LogP contribution in [0.2, 0.25) is 5.02 Å². The molecule has 0 heterocycles. The van der Waals surface area contributed by atoms with Crippen molar-refractivity contribution in [2.75, 3.05) is 6.54 Å². The summed E-state index contributed by atoms with van der Waals surface area (Å²) in [5, 5.41) is 3.41. The summed E-state index contributed by atoms with van der Waals surface area (Å²) >= 11 is 15.3. The Labute approximate surface area is 119 Å². The van der Waals surface area contributed by atoms with Crippen molar-refractivity contribution < 1.29 is 4.79 Å². The Morgan fingerprint density at radius 3 is 2.88 bits per heavy atom. The van der Waals surface area contributed by atoms with Gasteiger partial charge in [0, 0.05) is 16.0 Å². The maximum absolute atomic E-state index is 11.9. The van der Waals surface area contributed by atoms with E-state index in [1.54, 1.807) is 18.2 Å². The number of benzene rings is 1. The molecule has 1 aliphatic carbocycles. The van der Waals surface area contributed by atoms with E-state index in [-0.39, 0.29) is 11.3 Å². The molecule has 1 unspecified atom stereocenters. The summed E-state index contributed by atoms with van der Waals surface area (Å²) < 4.78 is 0.733. The molecule has 1 saturated carbocycles. The largest absolute Gasteiger partial charge is 0.351 e. The number of alkyl halides is 1. The molecule has 0 spiro atoms. The summed E-state index contributed by atoms with van der Waals surface area (Å²) in [4.78, 5) is 11.9. The van der Waals surface area contributed by atoms with Gasteiger partial charge in [0.25, 0.3) is 5.91 Å². The molecule has 1 aromatic rings. The Bertz CT molecular complexity index is 435. The number of hydrogen-bond acceptors (Lipinski definition) is 1. The molecule has 0 aromatic heterocycles. The summed E-state index contributed by atoms with van der Waals surface area (Å²) in [6.07, 6.45) is 2.34. The number of halogens is 3. The van der Waals surface area contributed by atoms with Gasteiger partial charge in [0.1, 0.15) is 0 Å². The van der Waals surface area contributed by atoms with Gasteiger partial charge in [0.2, 0.25) is 0 Å². The number of hydrogen-bond donors (Lipinski definition) is 1. The second kappa shape index (κ2) is 5.59. The minimum absolute atomic E-state index is 0.0388. The molecule has 0 aliphatic heterocycles. The van der Waals surface area contributed by atoms with E-state index in [1.165, 1.54) is 12.8 Å². The Morgan fingerprint density at radius 2 is 2.24 bits per heavy atom. The lowest BCUT2D eigenvalue weighted by Crippen LogP contribution is -2.30. The van der Waals surface area contributed by atoms with Crippen molar-refractivity contribution >= 4 is 45.0 Å². The van der Waals surface area contributed by atoms with E-state index in [0.29, 0.717) is 23.0 Å². The van der Waals surface area contributed by atoms with Crippen LogP contribution in [0.4, 0.5) is 0 Å². The predicted molar refractivity (Wildman–Crippen MR) is 73.9 cm³/mol. The first-order valence-corrected chi connectivity index (χ1v) is 7.06. The molecule has 0 saturated heterocycles. The van der Waals surface area contributed by atoms with Gasteiger partial charge in [-0.05, 0) is 52.9 Å². The van der Waals surface area contributed by atoms with E-state index < -0.39 is 0 Å². The number of rotatable bonds is 4. The topological polar surface area (TPSA) is 29.1 Å². The fourth-order valence-electron chi connectivity index (χ4n) is 1.58. The van der Waals surface area contributed by atoms with E-state index >= 15 is 0 Å². The van der Waals surface area contributed by atoms with Crippen molar-refractivity contribution in [2.24, 2.45) is 5.92 Å². The third kappa shape index (κ3) is 3.60. The molecule has 92 valence electrons. The van der Waals surface area contributed by atoms with E-state index in [1.807, 2.05) is 0 Å². The van der Waals surface area contributed by atoms with Gasteiger partial charge < -0.3 is 5.32 Å². The third-order valence-corrected chi connectivity index (χ3v) is 4.20. The molecule has 1 aliphatic rings. The van der Waals surface area contributed by atoms with Gasteiger partial charge in [-0.25, -0.2) is 0 Å². The number of carbonyl (C=O) groups excluding carboxylic acids is 1. The van der Waals surface area contributed by atoms with Crippen LogP contribution >= 0.6 is 39.1 Å². The highest BCUT2D eigenvalue weighted by atomic mass is 79.9. The molecule has 2 nitrogen and oxygen atoms in total. The van der Waals surface area contributed by atoms with Crippen LogP contribution in [0, 0.1) is 5.92 Å². The highest BCUT2D eigenvalue weighted by Gasteiger charge is 2.29. The molecule has 1 fully saturated rings. The molecular formula is C12H12BrCl2NO. The Kier molecular flexibility index (Phi) is 4.34. The predicted octanol–water partition coefficient (Wildman–Crippen LogP) is 3.85. The third-order valence-electron chi connectivity index (χ3n) is 2.76. The van der Waals surface area contributed by atoms with E-state index in [9.17, 15) is 4.79 Å². The lowest BCUT2D eigenvalue weighted by molar-refractivity contribution is 0.0952. The van der Waals surface area contributed by atoms with Crippen molar-refractivity contribution in [3.8, 4) is 0 Å². The zero-order chi connectivity index (χ0) is 12.4. The summed E-state index contributed by atoms with van der Waals surface area (Å²) in [5.41, 5.74) is 0.539. The monoisotopic (exact) mass is 335 g/mol. The molecule has 0 radical (unpaired) electrons. The van der Waals surface area contributed by atoms with Crippen LogP contribution < -0.4 is 5.32 Å². The van der Waals surface area contributed by atoms with Crippen LogP contribution in [-0.4, -0.2) is 17.8 Å². The van der Waals surface area contributed by atoms with Crippen LogP contribution in [0.1, 0.15) is 23.2 Å². The standard InChI is InChI=1S/C12H12BrCl2NO/c13-10-4-3-8(14)5-9(10)12(17)16-6-11(15)7-1-2-7/h3-5,7,11H,1-2,6H2,(H,16,17). The van der Waals surface area contributed by atoms with Gasteiger partial charge >= 0.3 is 0 Å². The molecule has 1 atom stereocenters. The molecule has 0 bridgehead atoms. The SMILES string of the molecule is O=C(NCC(Cl)C1CC1)c1cc(Cl)ccc1Br. The maximum atomic E-state index is 11.9. The smallest absolute Gasteiger partial charge is 0.252 e. The highest BCUT2D eigenvalue weighted by molar-refractivity contribution is 9.10. The van der Waals surface area contributed by atoms with Crippen molar-refractivity contribution in [1.82, 2.24) is 5.32 Å². The average molecular weight is 337 g/mol. The van der Waals surface area contributed by atoms with Crippen molar-refractivity contribution in [1.29, 1.82) is 0 Å². The molecule has 2 rings (SSSR count). The number of nitrogens with one attached hydrogen (secondary N) is 1. The highest BCUT2D eigenvalue weighted by Crippen LogP contribution is 2.35. The van der Waals surface area contributed by atoms with Gasteiger partial charge in [-0.15, -0.1) is 11.6 Å². The minimum atomic E-state index is -0.148. The summed E-state index contributed by atoms with van der Waals surface area (Å²) in [7, 11) is 0. The molecule has 1 aromatic carbocycles. The second-order valence-corrected chi connectivity index (χ2v) is 6.04. The van der Waals surface area contributed by atoms with Gasteiger partial charge in [-0.1, -0.05) is 11.6 Å². The van der Waals surface area contributed by atoms with Crippen LogP contribution in [0.25, 0.3) is 0 Å². The fourth-order valence-corrected chi connectivity index (χ4v) is 2.51. The molecule has 17 heavy (non-hydrogen) atoms. The number of amides is 1. The van der Waals surface area contributed by atoms with E-state index in [2.05, 4.69) is 21.2 Å². The van der Waals surface area contributed by atoms with Crippen LogP contribution in [0.3, 0.4) is 0 Å². The van der Waals surface area contributed by atoms with Crippen LogP contribution in [0.5, 0.6) is 0 Å². The van der Waals surface area contributed by atoms with Crippen LogP contribution in [-0.2, 0) is 0 Å².